The minimum Gasteiger partial charge on any atom is -0.497 e. The summed E-state index contributed by atoms with van der Waals surface area (Å²) in [6.45, 7) is 2.56. The average molecular weight is 329 g/mol. The van der Waals surface area contributed by atoms with E-state index in [0.29, 0.717) is 5.56 Å². The van der Waals surface area contributed by atoms with E-state index in [0.717, 1.165) is 36.7 Å². The normalized spacial score (nSPS) is 14.8. The van der Waals surface area contributed by atoms with Crippen LogP contribution in [0.5, 0.6) is 5.75 Å². The van der Waals surface area contributed by atoms with Gasteiger partial charge in [0.25, 0.3) is 0 Å². The van der Waals surface area contributed by atoms with Gasteiger partial charge in [-0.3, -0.25) is 4.90 Å². The van der Waals surface area contributed by atoms with Crippen LogP contribution in [0.2, 0.25) is 0 Å². The lowest BCUT2D eigenvalue weighted by atomic mass is 10.1. The topological polar surface area (TPSA) is 49.8 Å². The molecule has 1 aliphatic heterocycles. The smallest absolute Gasteiger partial charge is 0.335 e. The van der Waals surface area contributed by atoms with Crippen molar-refractivity contribution in [2.24, 2.45) is 0 Å². The highest BCUT2D eigenvalue weighted by molar-refractivity contribution is 7.99. The van der Waals surface area contributed by atoms with Crippen molar-refractivity contribution in [2.75, 3.05) is 19.4 Å². The van der Waals surface area contributed by atoms with Crippen LogP contribution in [0, 0.1) is 0 Å². The molecule has 1 heterocycles. The molecule has 2 aromatic rings. The number of fused-ring (bicyclic) bond motifs is 1. The van der Waals surface area contributed by atoms with Gasteiger partial charge in [-0.2, -0.15) is 0 Å². The molecule has 23 heavy (non-hydrogen) atoms. The molecule has 1 N–H and O–H groups in total. The van der Waals surface area contributed by atoms with Crippen LogP contribution in [-0.4, -0.2) is 35.4 Å². The zero-order chi connectivity index (χ0) is 16.2. The van der Waals surface area contributed by atoms with Crippen molar-refractivity contribution in [1.82, 2.24) is 4.90 Å². The minimum absolute atomic E-state index is 0.341. The van der Waals surface area contributed by atoms with Crippen molar-refractivity contribution >= 4 is 17.7 Å². The van der Waals surface area contributed by atoms with Crippen molar-refractivity contribution in [3.8, 4) is 5.75 Å². The van der Waals surface area contributed by atoms with E-state index in [4.69, 9.17) is 9.84 Å². The summed E-state index contributed by atoms with van der Waals surface area (Å²) < 4.78 is 5.32. The zero-order valence-electron chi connectivity index (χ0n) is 13.0. The molecule has 0 radical (unpaired) electrons. The monoisotopic (exact) mass is 329 g/mol. The first-order chi connectivity index (χ1) is 11.2. The van der Waals surface area contributed by atoms with Gasteiger partial charge in [0, 0.05) is 30.3 Å². The van der Waals surface area contributed by atoms with Crippen LogP contribution in [0.1, 0.15) is 21.5 Å². The van der Waals surface area contributed by atoms with Gasteiger partial charge in [0.2, 0.25) is 0 Å². The van der Waals surface area contributed by atoms with E-state index in [1.165, 1.54) is 10.5 Å². The number of aromatic carboxylic acids is 1. The van der Waals surface area contributed by atoms with Gasteiger partial charge < -0.3 is 9.84 Å². The first-order valence-corrected chi connectivity index (χ1v) is 8.48. The average Bonchev–Trinajstić information content (AvgIpc) is 2.75. The SMILES string of the molecule is COc1ccc2c(c1)CN(Cc1cccc(C(=O)O)c1)CCS2. The van der Waals surface area contributed by atoms with E-state index in [9.17, 15) is 4.79 Å². The Balaban J connectivity index is 1.78. The van der Waals surface area contributed by atoms with Gasteiger partial charge in [-0.1, -0.05) is 12.1 Å². The van der Waals surface area contributed by atoms with Crippen LogP contribution in [-0.2, 0) is 13.1 Å². The Morgan fingerprint density at radius 1 is 1.30 bits per heavy atom. The number of thioether (sulfide) groups is 1. The molecule has 0 unspecified atom stereocenters. The maximum Gasteiger partial charge on any atom is 0.335 e. The number of methoxy groups -OCH3 is 1. The second-order valence-corrected chi connectivity index (χ2v) is 6.68. The second-order valence-electron chi connectivity index (χ2n) is 5.54. The van der Waals surface area contributed by atoms with Crippen molar-refractivity contribution < 1.29 is 14.6 Å². The molecule has 0 aromatic heterocycles. The van der Waals surface area contributed by atoms with E-state index in [-0.39, 0.29) is 0 Å². The number of carbonyl (C=O) groups is 1. The molecule has 5 heteroatoms. The number of nitrogens with zero attached hydrogens (tertiary/aromatic N) is 1. The molecule has 0 atom stereocenters. The van der Waals surface area contributed by atoms with Gasteiger partial charge in [0.15, 0.2) is 0 Å². The lowest BCUT2D eigenvalue weighted by Crippen LogP contribution is -2.24. The highest BCUT2D eigenvalue weighted by Crippen LogP contribution is 2.30. The van der Waals surface area contributed by atoms with Crippen molar-refractivity contribution in [3.05, 3.63) is 59.2 Å². The third-order valence-corrected chi connectivity index (χ3v) is 5.00. The summed E-state index contributed by atoms with van der Waals surface area (Å²) in [5, 5.41) is 9.12. The number of rotatable bonds is 4. The van der Waals surface area contributed by atoms with Gasteiger partial charge in [-0.05, 0) is 41.5 Å². The molecule has 0 saturated carbocycles. The highest BCUT2D eigenvalue weighted by atomic mass is 32.2. The molecule has 0 spiro atoms. The van der Waals surface area contributed by atoms with E-state index in [1.54, 1.807) is 19.2 Å². The van der Waals surface area contributed by atoms with Crippen LogP contribution >= 0.6 is 11.8 Å². The van der Waals surface area contributed by atoms with Gasteiger partial charge in [-0.15, -0.1) is 11.8 Å². The fourth-order valence-corrected chi connectivity index (χ4v) is 3.79. The number of hydrogen-bond donors (Lipinski definition) is 1. The highest BCUT2D eigenvalue weighted by Gasteiger charge is 2.16. The van der Waals surface area contributed by atoms with E-state index < -0.39 is 5.97 Å². The third kappa shape index (κ3) is 3.86. The number of hydrogen-bond acceptors (Lipinski definition) is 4. The summed E-state index contributed by atoms with van der Waals surface area (Å²) in [7, 11) is 1.68. The first-order valence-electron chi connectivity index (χ1n) is 7.50. The standard InChI is InChI=1S/C18H19NO3S/c1-22-16-5-6-17-15(10-16)12-19(7-8-23-17)11-13-3-2-4-14(9-13)18(20)21/h2-6,9-10H,7-8,11-12H2,1H3,(H,20,21). The van der Waals surface area contributed by atoms with Gasteiger partial charge in [0.05, 0.1) is 12.7 Å². The fourth-order valence-electron chi connectivity index (χ4n) is 2.75. The van der Waals surface area contributed by atoms with Crippen molar-refractivity contribution in [1.29, 1.82) is 0 Å². The molecule has 1 aliphatic rings. The lowest BCUT2D eigenvalue weighted by molar-refractivity contribution is 0.0696. The summed E-state index contributed by atoms with van der Waals surface area (Å²) >= 11 is 1.86. The summed E-state index contributed by atoms with van der Waals surface area (Å²) in [5.74, 6) is 1.02. The predicted octanol–water partition coefficient (Wildman–Crippen LogP) is 3.50. The molecule has 0 saturated heterocycles. The van der Waals surface area contributed by atoms with Crippen LogP contribution in [0.4, 0.5) is 0 Å². The molecule has 2 aromatic carbocycles. The Hall–Kier alpha value is -1.98. The van der Waals surface area contributed by atoms with Gasteiger partial charge in [-0.25, -0.2) is 4.79 Å². The van der Waals surface area contributed by atoms with Crippen molar-refractivity contribution in [2.45, 2.75) is 18.0 Å². The third-order valence-electron chi connectivity index (χ3n) is 3.91. The molecule has 0 bridgehead atoms. The minimum atomic E-state index is -0.881. The Bertz CT molecular complexity index is 717. The van der Waals surface area contributed by atoms with Gasteiger partial charge >= 0.3 is 5.97 Å². The number of carboxylic acids is 1. The summed E-state index contributed by atoms with van der Waals surface area (Å²) in [5.41, 5.74) is 2.64. The maximum absolute atomic E-state index is 11.1. The largest absolute Gasteiger partial charge is 0.497 e. The van der Waals surface area contributed by atoms with E-state index >= 15 is 0 Å². The Kier molecular flexibility index (Phi) is 4.88. The van der Waals surface area contributed by atoms with Crippen LogP contribution in [0.15, 0.2) is 47.4 Å². The quantitative estimate of drug-likeness (QED) is 0.930. The molecule has 0 amide bonds. The number of ether oxygens (including phenoxy) is 1. The molecule has 0 aliphatic carbocycles. The summed E-state index contributed by atoms with van der Waals surface area (Å²) in [6.07, 6.45) is 0. The number of benzene rings is 2. The molecule has 120 valence electrons. The first kappa shape index (κ1) is 15.9. The Morgan fingerprint density at radius 3 is 2.96 bits per heavy atom. The molecule has 4 nitrogen and oxygen atoms in total. The van der Waals surface area contributed by atoms with Crippen LogP contribution in [0.3, 0.4) is 0 Å². The Labute approximate surface area is 140 Å². The van der Waals surface area contributed by atoms with E-state index in [1.807, 2.05) is 30.0 Å². The second kappa shape index (κ2) is 7.06. The molecular weight excluding hydrogens is 310 g/mol. The molecule has 0 fully saturated rings. The Morgan fingerprint density at radius 2 is 2.17 bits per heavy atom. The van der Waals surface area contributed by atoms with Crippen molar-refractivity contribution in [3.63, 3.8) is 0 Å². The zero-order valence-corrected chi connectivity index (χ0v) is 13.8. The molecular formula is C18H19NO3S. The van der Waals surface area contributed by atoms with Gasteiger partial charge in [0.1, 0.15) is 5.75 Å². The summed E-state index contributed by atoms with van der Waals surface area (Å²) in [6, 6.07) is 13.4. The number of carboxylic acid groups (broad SMARTS) is 1. The lowest BCUT2D eigenvalue weighted by Gasteiger charge is -2.20. The van der Waals surface area contributed by atoms with E-state index in [2.05, 4.69) is 17.0 Å². The fraction of sp³-hybridized carbons (Fsp3) is 0.278. The molecule has 3 rings (SSSR count). The predicted molar refractivity (Wildman–Crippen MR) is 91.2 cm³/mol. The van der Waals surface area contributed by atoms with Crippen LogP contribution in [0.25, 0.3) is 0 Å². The summed E-state index contributed by atoms with van der Waals surface area (Å²) in [4.78, 5) is 14.7. The maximum atomic E-state index is 11.1. The van der Waals surface area contributed by atoms with Crippen LogP contribution < -0.4 is 4.74 Å².